The van der Waals surface area contributed by atoms with Crippen LogP contribution < -0.4 is 0 Å². The number of piperidine rings is 1. The van der Waals surface area contributed by atoms with Gasteiger partial charge in [-0.25, -0.2) is 0 Å². The van der Waals surface area contributed by atoms with E-state index >= 15 is 0 Å². The topological polar surface area (TPSA) is 50.6 Å². The minimum Gasteiger partial charge on any atom is -0.375 e. The molecule has 1 aromatic heterocycles. The predicted molar refractivity (Wildman–Crippen MR) is 122 cm³/mol. The zero-order valence-corrected chi connectivity index (χ0v) is 19.2. The molecule has 3 heterocycles. The molecule has 1 amide bonds. The van der Waals surface area contributed by atoms with Gasteiger partial charge in [0.15, 0.2) is 0 Å². The van der Waals surface area contributed by atoms with Crippen molar-refractivity contribution in [3.8, 4) is 0 Å². The van der Waals surface area contributed by atoms with E-state index in [1.54, 1.807) is 0 Å². The fraction of sp³-hybridized carbons (Fsp3) is 0.600. The van der Waals surface area contributed by atoms with Gasteiger partial charge in [-0.3, -0.25) is 14.4 Å². The smallest absolute Gasteiger partial charge is 0.224 e. The number of carbonyl (C=O) groups is 1. The molecule has 0 saturated carbocycles. The number of rotatable bonds is 6. The normalized spacial score (nSPS) is 21.0. The van der Waals surface area contributed by atoms with Gasteiger partial charge in [-0.1, -0.05) is 30.3 Å². The van der Waals surface area contributed by atoms with Crippen LogP contribution in [-0.2, 0) is 22.6 Å². The number of carbonyl (C=O) groups excluding carboxylic acids is 1. The highest BCUT2D eigenvalue weighted by Gasteiger charge is 2.42. The second kappa shape index (κ2) is 9.53. The van der Waals surface area contributed by atoms with Crippen LogP contribution >= 0.6 is 0 Å². The molecule has 4 rings (SSSR count). The van der Waals surface area contributed by atoms with Gasteiger partial charge in [-0.2, -0.15) is 5.10 Å². The summed E-state index contributed by atoms with van der Waals surface area (Å²) in [5, 5.41) is 4.47. The summed E-state index contributed by atoms with van der Waals surface area (Å²) in [6.45, 7) is 8.07. The zero-order chi connectivity index (χ0) is 21.8. The van der Waals surface area contributed by atoms with Crippen molar-refractivity contribution in [2.45, 2.75) is 70.7 Å². The predicted octanol–water partition coefficient (Wildman–Crippen LogP) is 3.56. The van der Waals surface area contributed by atoms with Crippen LogP contribution in [0.4, 0.5) is 0 Å². The molecular weight excluding hydrogens is 388 g/mol. The maximum absolute atomic E-state index is 12.8. The Morgan fingerprint density at radius 2 is 1.97 bits per heavy atom. The molecule has 168 valence electrons. The van der Waals surface area contributed by atoms with Gasteiger partial charge >= 0.3 is 0 Å². The Labute approximate surface area is 186 Å². The molecule has 1 aromatic carbocycles. The highest BCUT2D eigenvalue weighted by Crippen LogP contribution is 2.37. The van der Waals surface area contributed by atoms with Crippen molar-refractivity contribution in [1.82, 2.24) is 19.6 Å². The summed E-state index contributed by atoms with van der Waals surface area (Å²) in [7, 11) is 2.23. The largest absolute Gasteiger partial charge is 0.375 e. The summed E-state index contributed by atoms with van der Waals surface area (Å²) in [6, 6.07) is 13.3. The molecule has 2 aliphatic heterocycles. The molecule has 0 bridgehead atoms. The highest BCUT2D eigenvalue weighted by atomic mass is 16.5. The van der Waals surface area contributed by atoms with E-state index in [2.05, 4.69) is 53.4 Å². The fourth-order valence-electron chi connectivity index (χ4n) is 5.15. The van der Waals surface area contributed by atoms with Gasteiger partial charge in [0.25, 0.3) is 0 Å². The number of ether oxygens (including phenoxy) is 1. The van der Waals surface area contributed by atoms with Gasteiger partial charge in [-0.15, -0.1) is 0 Å². The molecule has 6 nitrogen and oxygen atoms in total. The Kier molecular flexibility index (Phi) is 6.77. The van der Waals surface area contributed by atoms with Gasteiger partial charge in [-0.05, 0) is 58.2 Å². The van der Waals surface area contributed by atoms with E-state index in [4.69, 9.17) is 4.74 Å². The van der Waals surface area contributed by atoms with E-state index < -0.39 is 0 Å². The molecule has 1 atom stereocenters. The first-order valence-electron chi connectivity index (χ1n) is 11.6. The summed E-state index contributed by atoms with van der Waals surface area (Å²) >= 11 is 0. The number of benzene rings is 1. The van der Waals surface area contributed by atoms with Gasteiger partial charge in [0, 0.05) is 50.9 Å². The highest BCUT2D eigenvalue weighted by molar-refractivity contribution is 5.76. The third-order valence-corrected chi connectivity index (χ3v) is 7.03. The van der Waals surface area contributed by atoms with Crippen LogP contribution in [0, 0.1) is 13.8 Å². The summed E-state index contributed by atoms with van der Waals surface area (Å²) in [6.07, 6.45) is 4.53. The average Bonchev–Trinajstić information content (AvgIpc) is 3.10. The van der Waals surface area contributed by atoms with Crippen LogP contribution in [0.2, 0.25) is 0 Å². The Balaban J connectivity index is 1.27. The molecular formula is C25H36N4O2. The van der Waals surface area contributed by atoms with E-state index in [-0.39, 0.29) is 11.5 Å². The Bertz CT molecular complexity index is 871. The number of aromatic nitrogens is 2. The lowest BCUT2D eigenvalue weighted by molar-refractivity contribution is -0.149. The zero-order valence-electron chi connectivity index (χ0n) is 19.2. The number of amides is 1. The van der Waals surface area contributed by atoms with Crippen LogP contribution in [0.3, 0.4) is 0 Å². The second-order valence-electron chi connectivity index (χ2n) is 9.36. The number of aryl methyl sites for hydroxylation is 3. The van der Waals surface area contributed by atoms with Crippen LogP contribution in [0.25, 0.3) is 0 Å². The lowest BCUT2D eigenvalue weighted by atomic mass is 9.81. The molecule has 6 heteroatoms. The van der Waals surface area contributed by atoms with Crippen LogP contribution in [0.5, 0.6) is 0 Å². The second-order valence-corrected chi connectivity index (χ2v) is 9.36. The van der Waals surface area contributed by atoms with Crippen molar-refractivity contribution in [2.75, 3.05) is 26.7 Å². The molecule has 1 unspecified atom stereocenters. The van der Waals surface area contributed by atoms with E-state index in [0.29, 0.717) is 19.0 Å². The maximum atomic E-state index is 12.8. The van der Waals surface area contributed by atoms with Crippen molar-refractivity contribution in [3.63, 3.8) is 0 Å². The average molecular weight is 425 g/mol. The minimum absolute atomic E-state index is 0.0691. The molecule has 2 aromatic rings. The maximum Gasteiger partial charge on any atom is 0.224 e. The molecule has 2 aliphatic rings. The van der Waals surface area contributed by atoms with Crippen molar-refractivity contribution in [2.24, 2.45) is 0 Å². The van der Waals surface area contributed by atoms with Crippen LogP contribution in [0.1, 0.15) is 49.1 Å². The number of nitrogens with zero attached hydrogens (tertiary/aromatic N) is 4. The Hall–Kier alpha value is -2.18. The van der Waals surface area contributed by atoms with E-state index in [1.165, 1.54) is 5.56 Å². The molecule has 0 aliphatic carbocycles. The van der Waals surface area contributed by atoms with Crippen LogP contribution in [-0.4, -0.2) is 63.9 Å². The van der Waals surface area contributed by atoms with Crippen molar-refractivity contribution in [3.05, 3.63) is 53.3 Å². The van der Waals surface area contributed by atoms with Gasteiger partial charge < -0.3 is 9.64 Å². The summed E-state index contributed by atoms with van der Waals surface area (Å²) in [4.78, 5) is 17.3. The van der Waals surface area contributed by atoms with E-state index in [1.807, 2.05) is 23.4 Å². The van der Waals surface area contributed by atoms with Gasteiger partial charge in [0.2, 0.25) is 5.91 Å². The Morgan fingerprint density at radius 3 is 2.65 bits per heavy atom. The Morgan fingerprint density at radius 1 is 1.23 bits per heavy atom. The first-order valence-corrected chi connectivity index (χ1v) is 11.6. The van der Waals surface area contributed by atoms with Crippen LogP contribution in [0.15, 0.2) is 36.4 Å². The third kappa shape index (κ3) is 5.36. The molecule has 0 N–H and O–H groups in total. The van der Waals surface area contributed by atoms with E-state index in [9.17, 15) is 4.79 Å². The summed E-state index contributed by atoms with van der Waals surface area (Å²) < 4.78 is 8.27. The SMILES string of the molecule is Cc1cc(C)n(CCC(=O)N2CCC3(CC2)CC(N(C)Cc2ccccc2)CCO3)n1. The number of hydrogen-bond donors (Lipinski definition) is 0. The summed E-state index contributed by atoms with van der Waals surface area (Å²) in [5.74, 6) is 0.232. The molecule has 1 spiro atoms. The monoisotopic (exact) mass is 424 g/mol. The van der Waals surface area contributed by atoms with Crippen molar-refractivity contribution >= 4 is 5.91 Å². The number of likely N-dealkylation sites (tertiary alicyclic amines) is 1. The van der Waals surface area contributed by atoms with Crippen molar-refractivity contribution < 1.29 is 9.53 Å². The number of hydrogen-bond acceptors (Lipinski definition) is 4. The first-order chi connectivity index (χ1) is 14.9. The van der Waals surface area contributed by atoms with Gasteiger partial charge in [0.05, 0.1) is 11.3 Å². The molecule has 2 saturated heterocycles. The van der Waals surface area contributed by atoms with Crippen molar-refractivity contribution in [1.29, 1.82) is 0 Å². The quantitative estimate of drug-likeness (QED) is 0.712. The lowest BCUT2D eigenvalue weighted by Gasteiger charge is -2.48. The fourth-order valence-corrected chi connectivity index (χ4v) is 5.15. The lowest BCUT2D eigenvalue weighted by Crippen LogP contribution is -2.54. The first kappa shape index (κ1) is 22.0. The standard InChI is InChI=1S/C25H36N4O2/c1-20-17-21(2)29(26-20)13-9-24(30)28-14-11-25(12-15-28)18-23(10-16-31-25)27(3)19-22-7-5-4-6-8-22/h4-8,17,23H,9-16,18-19H2,1-3H3. The third-order valence-electron chi connectivity index (χ3n) is 7.03. The van der Waals surface area contributed by atoms with Gasteiger partial charge in [0.1, 0.15) is 0 Å². The molecule has 2 fully saturated rings. The molecule has 31 heavy (non-hydrogen) atoms. The summed E-state index contributed by atoms with van der Waals surface area (Å²) in [5.41, 5.74) is 3.41. The minimum atomic E-state index is -0.0691. The molecule has 0 radical (unpaired) electrons. The van der Waals surface area contributed by atoms with E-state index in [0.717, 1.165) is 63.3 Å².